The minimum atomic E-state index is 0.875. The van der Waals surface area contributed by atoms with E-state index in [1.807, 2.05) is 31.3 Å². The summed E-state index contributed by atoms with van der Waals surface area (Å²) in [5.74, 6) is 0.902. The quantitative estimate of drug-likeness (QED) is 0.741. The van der Waals surface area contributed by atoms with E-state index in [-0.39, 0.29) is 0 Å². The molecular weight excluding hydrogens is 184 g/mol. The third-order valence-electron chi connectivity index (χ3n) is 2.39. The van der Waals surface area contributed by atoms with Crippen LogP contribution >= 0.6 is 0 Å². The van der Waals surface area contributed by atoms with E-state index in [0.29, 0.717) is 0 Å². The first-order chi connectivity index (χ1) is 7.31. The van der Waals surface area contributed by atoms with Gasteiger partial charge in [-0.1, -0.05) is 37.3 Å². The van der Waals surface area contributed by atoms with Crippen molar-refractivity contribution in [2.75, 3.05) is 0 Å². The molecule has 2 nitrogen and oxygen atoms in total. The van der Waals surface area contributed by atoms with E-state index in [4.69, 9.17) is 0 Å². The summed E-state index contributed by atoms with van der Waals surface area (Å²) < 4.78 is 0. The summed E-state index contributed by atoms with van der Waals surface area (Å²) in [5, 5.41) is 0. The van der Waals surface area contributed by atoms with Gasteiger partial charge in [0.2, 0.25) is 0 Å². The molecule has 0 aliphatic rings. The van der Waals surface area contributed by atoms with Gasteiger partial charge in [-0.2, -0.15) is 0 Å². The lowest BCUT2D eigenvalue weighted by Gasteiger charge is -2.05. The molecule has 1 heterocycles. The molecule has 0 bridgehead atoms. The summed E-state index contributed by atoms with van der Waals surface area (Å²) in [6, 6.07) is 10.2. The number of aromatic nitrogens is 2. The minimum Gasteiger partial charge on any atom is -0.241 e. The van der Waals surface area contributed by atoms with Gasteiger partial charge in [-0.15, -0.1) is 0 Å². The number of hydrogen-bond acceptors (Lipinski definition) is 2. The van der Waals surface area contributed by atoms with Gasteiger partial charge in [-0.05, 0) is 12.5 Å². The number of benzene rings is 1. The van der Waals surface area contributed by atoms with Crippen molar-refractivity contribution in [3.05, 3.63) is 47.9 Å². The molecule has 2 rings (SSSR count). The molecule has 0 saturated carbocycles. The molecule has 0 amide bonds. The van der Waals surface area contributed by atoms with Crippen molar-refractivity contribution < 1.29 is 0 Å². The average molecular weight is 198 g/mol. The fourth-order valence-corrected chi connectivity index (χ4v) is 1.54. The largest absolute Gasteiger partial charge is 0.241 e. The second kappa shape index (κ2) is 4.22. The molecule has 1 aromatic heterocycles. The molecule has 1 aromatic carbocycles. The second-order valence-electron chi connectivity index (χ2n) is 3.54. The minimum absolute atomic E-state index is 0.875. The lowest BCUT2D eigenvalue weighted by atomic mass is 10.1. The first-order valence-electron chi connectivity index (χ1n) is 5.19. The van der Waals surface area contributed by atoms with E-state index in [1.54, 1.807) is 0 Å². The Kier molecular flexibility index (Phi) is 2.77. The van der Waals surface area contributed by atoms with Gasteiger partial charge < -0.3 is 0 Å². The average Bonchev–Trinajstić information content (AvgIpc) is 2.31. The number of aryl methyl sites for hydroxylation is 2. The van der Waals surface area contributed by atoms with Crippen LogP contribution in [-0.2, 0) is 6.42 Å². The Hall–Kier alpha value is -1.70. The third-order valence-corrected chi connectivity index (χ3v) is 2.39. The van der Waals surface area contributed by atoms with Gasteiger partial charge >= 0.3 is 0 Å². The maximum atomic E-state index is 4.55. The highest BCUT2D eigenvalue weighted by molar-refractivity contribution is 5.62. The van der Waals surface area contributed by atoms with Crippen LogP contribution < -0.4 is 0 Å². The summed E-state index contributed by atoms with van der Waals surface area (Å²) >= 11 is 0. The van der Waals surface area contributed by atoms with Crippen LogP contribution in [0.1, 0.15) is 18.3 Å². The molecule has 0 aliphatic heterocycles. The van der Waals surface area contributed by atoms with Gasteiger partial charge in [0, 0.05) is 18.2 Å². The van der Waals surface area contributed by atoms with Crippen LogP contribution in [0.4, 0.5) is 0 Å². The topological polar surface area (TPSA) is 25.8 Å². The fraction of sp³-hybridized carbons (Fsp3) is 0.231. The van der Waals surface area contributed by atoms with Crippen molar-refractivity contribution in [1.29, 1.82) is 0 Å². The second-order valence-corrected chi connectivity index (χ2v) is 3.54. The van der Waals surface area contributed by atoms with Crippen LogP contribution in [0.25, 0.3) is 11.3 Å². The molecule has 15 heavy (non-hydrogen) atoms. The SMILES string of the molecule is CCc1ncc(C)c(-c2ccccc2)n1. The molecule has 0 aliphatic carbocycles. The maximum absolute atomic E-state index is 4.55. The normalized spacial score (nSPS) is 10.3. The maximum Gasteiger partial charge on any atom is 0.128 e. The van der Waals surface area contributed by atoms with Crippen LogP contribution in [0.5, 0.6) is 0 Å². The van der Waals surface area contributed by atoms with Crippen molar-refractivity contribution in [1.82, 2.24) is 9.97 Å². The van der Waals surface area contributed by atoms with E-state index in [2.05, 4.69) is 29.0 Å². The monoisotopic (exact) mass is 198 g/mol. The molecule has 2 aromatic rings. The Morgan fingerprint density at radius 3 is 2.53 bits per heavy atom. The number of nitrogens with zero attached hydrogens (tertiary/aromatic N) is 2. The van der Waals surface area contributed by atoms with Crippen molar-refractivity contribution in [3.63, 3.8) is 0 Å². The van der Waals surface area contributed by atoms with Gasteiger partial charge in [0.25, 0.3) is 0 Å². The molecule has 0 radical (unpaired) electrons. The first-order valence-corrected chi connectivity index (χ1v) is 5.19. The van der Waals surface area contributed by atoms with E-state index < -0.39 is 0 Å². The summed E-state index contributed by atoms with van der Waals surface area (Å²) in [6.45, 7) is 4.11. The molecule has 2 heteroatoms. The van der Waals surface area contributed by atoms with Crippen molar-refractivity contribution in [2.45, 2.75) is 20.3 Å². The Labute approximate surface area is 90.0 Å². The zero-order chi connectivity index (χ0) is 10.7. The van der Waals surface area contributed by atoms with Crippen molar-refractivity contribution in [3.8, 4) is 11.3 Å². The lowest BCUT2D eigenvalue weighted by molar-refractivity contribution is 0.934. The van der Waals surface area contributed by atoms with E-state index in [9.17, 15) is 0 Å². The number of rotatable bonds is 2. The Balaban J connectivity index is 2.52. The summed E-state index contributed by atoms with van der Waals surface area (Å²) in [7, 11) is 0. The zero-order valence-electron chi connectivity index (χ0n) is 9.07. The highest BCUT2D eigenvalue weighted by Crippen LogP contribution is 2.19. The molecule has 76 valence electrons. The highest BCUT2D eigenvalue weighted by atomic mass is 14.9. The van der Waals surface area contributed by atoms with Gasteiger partial charge in [-0.3, -0.25) is 0 Å². The molecule has 0 unspecified atom stereocenters. The van der Waals surface area contributed by atoms with Crippen molar-refractivity contribution in [2.24, 2.45) is 0 Å². The smallest absolute Gasteiger partial charge is 0.128 e. The first kappa shape index (κ1) is 9.84. The standard InChI is InChI=1S/C13H14N2/c1-3-12-14-9-10(2)13(15-12)11-7-5-4-6-8-11/h4-9H,3H2,1-2H3. The zero-order valence-corrected chi connectivity index (χ0v) is 9.07. The van der Waals surface area contributed by atoms with Crippen LogP contribution in [-0.4, -0.2) is 9.97 Å². The highest BCUT2D eigenvalue weighted by Gasteiger charge is 2.04. The Morgan fingerprint density at radius 2 is 1.87 bits per heavy atom. The molecule has 0 fully saturated rings. The molecule has 0 saturated heterocycles. The predicted octanol–water partition coefficient (Wildman–Crippen LogP) is 3.01. The summed E-state index contributed by atoms with van der Waals surface area (Å²) in [6.07, 6.45) is 2.77. The lowest BCUT2D eigenvalue weighted by Crippen LogP contribution is -1.97. The van der Waals surface area contributed by atoms with Crippen molar-refractivity contribution >= 4 is 0 Å². The van der Waals surface area contributed by atoms with Gasteiger partial charge in [0.15, 0.2) is 0 Å². The van der Waals surface area contributed by atoms with E-state index >= 15 is 0 Å². The van der Waals surface area contributed by atoms with Gasteiger partial charge in [-0.25, -0.2) is 9.97 Å². The third kappa shape index (κ3) is 2.04. The summed E-state index contributed by atoms with van der Waals surface area (Å²) in [4.78, 5) is 8.82. The predicted molar refractivity (Wildman–Crippen MR) is 61.6 cm³/mol. The van der Waals surface area contributed by atoms with Crippen LogP contribution in [0.15, 0.2) is 36.5 Å². The fourth-order valence-electron chi connectivity index (χ4n) is 1.54. The molecule has 0 spiro atoms. The van der Waals surface area contributed by atoms with Gasteiger partial charge in [0.1, 0.15) is 5.82 Å². The van der Waals surface area contributed by atoms with Crippen LogP contribution in [0.2, 0.25) is 0 Å². The summed E-state index contributed by atoms with van der Waals surface area (Å²) in [5.41, 5.74) is 3.33. The van der Waals surface area contributed by atoms with E-state index in [0.717, 1.165) is 29.1 Å². The Bertz CT molecular complexity index is 449. The van der Waals surface area contributed by atoms with Crippen LogP contribution in [0, 0.1) is 6.92 Å². The van der Waals surface area contributed by atoms with Gasteiger partial charge in [0.05, 0.1) is 5.69 Å². The molecule has 0 atom stereocenters. The Morgan fingerprint density at radius 1 is 1.13 bits per heavy atom. The molecular formula is C13H14N2. The number of hydrogen-bond donors (Lipinski definition) is 0. The van der Waals surface area contributed by atoms with Crippen LogP contribution in [0.3, 0.4) is 0 Å². The molecule has 0 N–H and O–H groups in total. The van der Waals surface area contributed by atoms with E-state index in [1.165, 1.54) is 0 Å².